The molecule has 0 aliphatic carbocycles. The average molecular weight is 172 g/mol. The highest BCUT2D eigenvalue weighted by molar-refractivity contribution is 4.83. The van der Waals surface area contributed by atoms with Gasteiger partial charge in [-0.15, -0.1) is 0 Å². The average Bonchev–Trinajstić information content (AvgIpc) is 1.99. The molecule has 3 heteroatoms. The fraction of sp³-hybridized carbons (Fsp3) is 1.00. The third kappa shape index (κ3) is 2.73. The number of hydrogen-bond donors (Lipinski definition) is 2. The minimum atomic E-state index is 0.334. The Bertz CT molecular complexity index is 115. The second-order valence-corrected chi connectivity index (χ2v) is 3.37. The van der Waals surface area contributed by atoms with Crippen molar-refractivity contribution in [2.75, 3.05) is 32.8 Å². The summed E-state index contributed by atoms with van der Waals surface area (Å²) in [6.07, 6.45) is 2.07. The van der Waals surface area contributed by atoms with Gasteiger partial charge >= 0.3 is 0 Å². The zero-order valence-corrected chi connectivity index (χ0v) is 7.92. The summed E-state index contributed by atoms with van der Waals surface area (Å²) < 4.78 is 0. The Labute approximate surface area is 74.8 Å². The first-order valence-electron chi connectivity index (χ1n) is 4.94. The Morgan fingerprint density at radius 3 is 2.58 bits per heavy atom. The van der Waals surface area contributed by atoms with Gasteiger partial charge in [-0.05, 0) is 25.9 Å². The molecule has 0 aromatic rings. The van der Waals surface area contributed by atoms with Crippen molar-refractivity contribution in [2.24, 2.45) is 0 Å². The maximum atomic E-state index is 8.63. The molecule has 3 nitrogen and oxygen atoms in total. The van der Waals surface area contributed by atoms with Crippen LogP contribution in [0.4, 0.5) is 0 Å². The second kappa shape index (κ2) is 5.51. The van der Waals surface area contributed by atoms with Crippen molar-refractivity contribution in [3.8, 4) is 0 Å². The molecule has 0 amide bonds. The van der Waals surface area contributed by atoms with Gasteiger partial charge in [-0.2, -0.15) is 0 Å². The van der Waals surface area contributed by atoms with Crippen LogP contribution in [0.2, 0.25) is 0 Å². The molecule has 1 heterocycles. The Hall–Kier alpha value is -0.120. The lowest BCUT2D eigenvalue weighted by atomic mass is 10.1. The van der Waals surface area contributed by atoms with Crippen LogP contribution in [0, 0.1) is 0 Å². The molecule has 0 bridgehead atoms. The first-order valence-corrected chi connectivity index (χ1v) is 4.94. The highest BCUT2D eigenvalue weighted by Crippen LogP contribution is 2.05. The molecule has 1 aliphatic rings. The lowest BCUT2D eigenvalue weighted by Crippen LogP contribution is -2.57. The normalized spacial score (nSPS) is 18.2. The summed E-state index contributed by atoms with van der Waals surface area (Å²) in [6, 6.07) is 0.758. The van der Waals surface area contributed by atoms with Gasteiger partial charge in [-0.1, -0.05) is 6.92 Å². The molecule has 12 heavy (non-hydrogen) atoms. The van der Waals surface area contributed by atoms with Crippen LogP contribution in [0.1, 0.15) is 19.8 Å². The Balaban J connectivity index is 2.07. The number of unbranched alkanes of at least 4 members (excludes halogenated alkanes) is 1. The SMILES string of the molecule is CCN(CCCCO)C1CNC1. The van der Waals surface area contributed by atoms with Gasteiger partial charge in [0, 0.05) is 25.7 Å². The van der Waals surface area contributed by atoms with Crippen LogP contribution in [0.3, 0.4) is 0 Å². The van der Waals surface area contributed by atoms with Gasteiger partial charge in [0.25, 0.3) is 0 Å². The van der Waals surface area contributed by atoms with Gasteiger partial charge in [-0.25, -0.2) is 0 Å². The Kier molecular flexibility index (Phi) is 4.58. The summed E-state index contributed by atoms with van der Waals surface area (Å²) in [5.41, 5.74) is 0. The van der Waals surface area contributed by atoms with E-state index in [1.165, 1.54) is 0 Å². The van der Waals surface area contributed by atoms with E-state index in [1.54, 1.807) is 0 Å². The van der Waals surface area contributed by atoms with Crippen molar-refractivity contribution in [2.45, 2.75) is 25.8 Å². The molecule has 0 saturated carbocycles. The number of aliphatic hydroxyl groups excluding tert-OH is 1. The molecule has 0 aromatic carbocycles. The minimum Gasteiger partial charge on any atom is -0.396 e. The van der Waals surface area contributed by atoms with Crippen LogP contribution < -0.4 is 5.32 Å². The predicted octanol–water partition coefficient (Wildman–Crippen LogP) is 0.0526. The summed E-state index contributed by atoms with van der Waals surface area (Å²) in [5, 5.41) is 11.9. The van der Waals surface area contributed by atoms with E-state index in [1.807, 2.05) is 0 Å². The fourth-order valence-electron chi connectivity index (χ4n) is 1.56. The van der Waals surface area contributed by atoms with E-state index in [0.29, 0.717) is 6.61 Å². The molecule has 72 valence electrons. The lowest BCUT2D eigenvalue weighted by molar-refractivity contribution is 0.146. The second-order valence-electron chi connectivity index (χ2n) is 3.37. The molecule has 0 atom stereocenters. The van der Waals surface area contributed by atoms with Gasteiger partial charge < -0.3 is 10.4 Å². The molecular formula is C9H20N2O. The van der Waals surface area contributed by atoms with E-state index in [9.17, 15) is 0 Å². The van der Waals surface area contributed by atoms with E-state index in [-0.39, 0.29) is 0 Å². The van der Waals surface area contributed by atoms with Gasteiger partial charge in [0.05, 0.1) is 0 Å². The summed E-state index contributed by atoms with van der Waals surface area (Å²) >= 11 is 0. The van der Waals surface area contributed by atoms with Gasteiger partial charge in [0.15, 0.2) is 0 Å². The summed E-state index contributed by atoms with van der Waals surface area (Å²) in [4.78, 5) is 2.49. The molecule has 0 spiro atoms. The molecule has 1 aliphatic heterocycles. The molecule has 1 saturated heterocycles. The van der Waals surface area contributed by atoms with E-state index >= 15 is 0 Å². The zero-order valence-electron chi connectivity index (χ0n) is 7.92. The van der Waals surface area contributed by atoms with Crippen molar-refractivity contribution in [3.05, 3.63) is 0 Å². The molecule has 1 fully saturated rings. The first-order chi connectivity index (χ1) is 5.88. The largest absolute Gasteiger partial charge is 0.396 e. The maximum absolute atomic E-state index is 8.63. The topological polar surface area (TPSA) is 35.5 Å². The monoisotopic (exact) mass is 172 g/mol. The van der Waals surface area contributed by atoms with Crippen LogP contribution in [0.15, 0.2) is 0 Å². The number of rotatable bonds is 6. The highest BCUT2D eigenvalue weighted by atomic mass is 16.2. The van der Waals surface area contributed by atoms with Crippen molar-refractivity contribution in [1.29, 1.82) is 0 Å². The summed E-state index contributed by atoms with van der Waals surface area (Å²) in [7, 11) is 0. The molecule has 0 unspecified atom stereocenters. The minimum absolute atomic E-state index is 0.334. The van der Waals surface area contributed by atoms with Crippen LogP contribution in [0.25, 0.3) is 0 Å². The van der Waals surface area contributed by atoms with Crippen molar-refractivity contribution in [3.63, 3.8) is 0 Å². The van der Waals surface area contributed by atoms with Crippen molar-refractivity contribution < 1.29 is 5.11 Å². The number of hydrogen-bond acceptors (Lipinski definition) is 3. The molecule has 1 rings (SSSR count). The number of likely N-dealkylation sites (N-methyl/N-ethyl adjacent to an activating group) is 1. The van der Waals surface area contributed by atoms with E-state index in [0.717, 1.165) is 45.1 Å². The fourth-order valence-corrected chi connectivity index (χ4v) is 1.56. The molecule has 2 N–H and O–H groups in total. The summed E-state index contributed by atoms with van der Waals surface area (Å²) in [5.74, 6) is 0. The summed E-state index contributed by atoms with van der Waals surface area (Å²) in [6.45, 7) is 7.11. The zero-order chi connectivity index (χ0) is 8.81. The van der Waals surface area contributed by atoms with Crippen LogP contribution in [-0.4, -0.2) is 48.8 Å². The molecule has 0 radical (unpaired) electrons. The highest BCUT2D eigenvalue weighted by Gasteiger charge is 2.22. The van der Waals surface area contributed by atoms with E-state index < -0.39 is 0 Å². The Morgan fingerprint density at radius 1 is 1.42 bits per heavy atom. The lowest BCUT2D eigenvalue weighted by Gasteiger charge is -2.37. The van der Waals surface area contributed by atoms with Gasteiger partial charge in [0.2, 0.25) is 0 Å². The Morgan fingerprint density at radius 2 is 2.17 bits per heavy atom. The number of nitrogens with one attached hydrogen (secondary N) is 1. The third-order valence-corrected chi connectivity index (χ3v) is 2.54. The smallest absolute Gasteiger partial charge is 0.0431 e. The molecular weight excluding hydrogens is 152 g/mol. The van der Waals surface area contributed by atoms with Crippen LogP contribution in [0.5, 0.6) is 0 Å². The predicted molar refractivity (Wildman–Crippen MR) is 50.2 cm³/mol. The van der Waals surface area contributed by atoms with Crippen LogP contribution >= 0.6 is 0 Å². The maximum Gasteiger partial charge on any atom is 0.0431 e. The first kappa shape index (κ1) is 9.96. The van der Waals surface area contributed by atoms with Gasteiger partial charge in [-0.3, -0.25) is 4.90 Å². The third-order valence-electron chi connectivity index (χ3n) is 2.54. The van der Waals surface area contributed by atoms with Crippen molar-refractivity contribution in [1.82, 2.24) is 10.2 Å². The van der Waals surface area contributed by atoms with Crippen molar-refractivity contribution >= 4 is 0 Å². The standard InChI is InChI=1S/C9H20N2O/c1-2-11(5-3-4-6-12)9-7-10-8-9/h9-10,12H,2-8H2,1H3. The van der Waals surface area contributed by atoms with Crippen LogP contribution in [-0.2, 0) is 0 Å². The van der Waals surface area contributed by atoms with Gasteiger partial charge in [0.1, 0.15) is 0 Å². The van der Waals surface area contributed by atoms with E-state index in [4.69, 9.17) is 5.11 Å². The molecule has 0 aromatic heterocycles. The number of nitrogens with zero attached hydrogens (tertiary/aromatic N) is 1. The number of aliphatic hydroxyl groups is 1. The van der Waals surface area contributed by atoms with E-state index in [2.05, 4.69) is 17.1 Å². The quantitative estimate of drug-likeness (QED) is 0.556.